The van der Waals surface area contributed by atoms with Crippen molar-refractivity contribution in [2.24, 2.45) is 5.92 Å². The first-order valence-corrected chi connectivity index (χ1v) is 9.46. The minimum atomic E-state index is -2.90. The van der Waals surface area contributed by atoms with Crippen LogP contribution < -0.4 is 4.74 Å². The standard InChI is InChI=1S/C16H21NO4S/c1-17(14-6-8-22(19,20)9-7-14)16(18)13-10-12-4-2-3-5-15(12)21-11-13/h2-5,13-14H,6-11H2,1H3/t13-/m1/s1. The van der Waals surface area contributed by atoms with E-state index < -0.39 is 9.84 Å². The molecule has 1 fully saturated rings. The maximum Gasteiger partial charge on any atom is 0.229 e. The topological polar surface area (TPSA) is 63.7 Å². The Labute approximate surface area is 131 Å². The van der Waals surface area contributed by atoms with Crippen LogP contribution in [0.15, 0.2) is 24.3 Å². The van der Waals surface area contributed by atoms with E-state index in [1.165, 1.54) is 0 Å². The first-order chi connectivity index (χ1) is 10.5. The van der Waals surface area contributed by atoms with Gasteiger partial charge in [0, 0.05) is 13.1 Å². The summed E-state index contributed by atoms with van der Waals surface area (Å²) in [7, 11) is -1.12. The monoisotopic (exact) mass is 323 g/mol. The van der Waals surface area contributed by atoms with E-state index in [1.54, 1.807) is 11.9 Å². The largest absolute Gasteiger partial charge is 0.492 e. The molecule has 0 spiro atoms. The van der Waals surface area contributed by atoms with Gasteiger partial charge in [-0.3, -0.25) is 4.79 Å². The molecule has 0 radical (unpaired) electrons. The quantitative estimate of drug-likeness (QED) is 0.822. The van der Waals surface area contributed by atoms with E-state index in [4.69, 9.17) is 4.74 Å². The fourth-order valence-electron chi connectivity index (χ4n) is 3.22. The van der Waals surface area contributed by atoms with Crippen molar-refractivity contribution in [2.45, 2.75) is 25.3 Å². The molecule has 0 unspecified atom stereocenters. The van der Waals surface area contributed by atoms with Crippen molar-refractivity contribution in [1.29, 1.82) is 0 Å². The van der Waals surface area contributed by atoms with Crippen LogP contribution in [0.3, 0.4) is 0 Å². The number of rotatable bonds is 2. The van der Waals surface area contributed by atoms with Crippen LogP contribution in [0.2, 0.25) is 0 Å². The van der Waals surface area contributed by atoms with Gasteiger partial charge in [-0.2, -0.15) is 0 Å². The van der Waals surface area contributed by atoms with Gasteiger partial charge in [0.15, 0.2) is 0 Å². The van der Waals surface area contributed by atoms with E-state index >= 15 is 0 Å². The first-order valence-electron chi connectivity index (χ1n) is 7.64. The second-order valence-electron chi connectivity index (χ2n) is 6.15. The summed E-state index contributed by atoms with van der Waals surface area (Å²) in [5.41, 5.74) is 1.06. The van der Waals surface area contributed by atoms with E-state index in [-0.39, 0.29) is 29.4 Å². The number of nitrogens with zero attached hydrogens (tertiary/aromatic N) is 1. The molecule has 0 aromatic heterocycles. The van der Waals surface area contributed by atoms with Gasteiger partial charge < -0.3 is 9.64 Å². The number of carbonyl (C=O) groups excluding carboxylic acids is 1. The molecular formula is C16H21NO4S. The van der Waals surface area contributed by atoms with Gasteiger partial charge in [-0.05, 0) is 30.9 Å². The molecule has 2 aliphatic rings. The number of para-hydroxylation sites is 1. The molecule has 22 heavy (non-hydrogen) atoms. The van der Waals surface area contributed by atoms with Crippen molar-refractivity contribution in [3.63, 3.8) is 0 Å². The van der Waals surface area contributed by atoms with Crippen LogP contribution >= 0.6 is 0 Å². The lowest BCUT2D eigenvalue weighted by atomic mass is 9.95. The van der Waals surface area contributed by atoms with Gasteiger partial charge in [-0.1, -0.05) is 18.2 Å². The van der Waals surface area contributed by atoms with E-state index in [1.807, 2.05) is 24.3 Å². The van der Waals surface area contributed by atoms with Crippen LogP contribution in [0.5, 0.6) is 5.75 Å². The molecule has 120 valence electrons. The molecule has 6 heteroatoms. The highest BCUT2D eigenvalue weighted by Crippen LogP contribution is 2.28. The fraction of sp³-hybridized carbons (Fsp3) is 0.562. The number of hydrogen-bond acceptors (Lipinski definition) is 4. The fourth-order valence-corrected chi connectivity index (χ4v) is 4.69. The molecule has 2 heterocycles. The summed E-state index contributed by atoms with van der Waals surface area (Å²) in [4.78, 5) is 14.4. The molecule has 1 saturated heterocycles. The highest BCUT2D eigenvalue weighted by Gasteiger charge is 2.33. The van der Waals surface area contributed by atoms with E-state index in [9.17, 15) is 13.2 Å². The van der Waals surface area contributed by atoms with Gasteiger partial charge in [0.2, 0.25) is 5.91 Å². The van der Waals surface area contributed by atoms with Crippen LogP contribution in [0, 0.1) is 5.92 Å². The van der Waals surface area contributed by atoms with Crippen LogP contribution in [0.25, 0.3) is 0 Å². The Morgan fingerprint density at radius 3 is 2.64 bits per heavy atom. The van der Waals surface area contributed by atoms with Crippen molar-refractivity contribution < 1.29 is 17.9 Å². The Morgan fingerprint density at radius 2 is 1.91 bits per heavy atom. The van der Waals surface area contributed by atoms with Crippen molar-refractivity contribution in [2.75, 3.05) is 25.2 Å². The maximum atomic E-state index is 12.7. The van der Waals surface area contributed by atoms with Crippen LogP contribution in [0.4, 0.5) is 0 Å². The maximum absolute atomic E-state index is 12.7. The Kier molecular flexibility index (Phi) is 4.12. The molecule has 1 atom stereocenters. The Hall–Kier alpha value is -1.56. The molecule has 0 aliphatic carbocycles. The Morgan fingerprint density at radius 1 is 1.23 bits per heavy atom. The van der Waals surface area contributed by atoms with Crippen molar-refractivity contribution in [3.8, 4) is 5.75 Å². The van der Waals surface area contributed by atoms with Crippen LogP contribution in [-0.4, -0.2) is 50.4 Å². The highest BCUT2D eigenvalue weighted by molar-refractivity contribution is 7.91. The highest BCUT2D eigenvalue weighted by atomic mass is 32.2. The summed E-state index contributed by atoms with van der Waals surface area (Å²) in [6, 6.07) is 7.81. The number of hydrogen-bond donors (Lipinski definition) is 0. The van der Waals surface area contributed by atoms with Gasteiger partial charge in [0.05, 0.1) is 17.4 Å². The Bertz CT molecular complexity index is 656. The van der Waals surface area contributed by atoms with Gasteiger partial charge in [0.25, 0.3) is 0 Å². The number of ether oxygens (including phenoxy) is 1. The predicted molar refractivity (Wildman–Crippen MR) is 83.6 cm³/mol. The zero-order valence-corrected chi connectivity index (χ0v) is 13.5. The lowest BCUT2D eigenvalue weighted by Crippen LogP contribution is -2.46. The van der Waals surface area contributed by atoms with Gasteiger partial charge in [0.1, 0.15) is 22.2 Å². The third kappa shape index (κ3) is 3.11. The van der Waals surface area contributed by atoms with Gasteiger partial charge in [-0.15, -0.1) is 0 Å². The van der Waals surface area contributed by atoms with Crippen molar-refractivity contribution in [1.82, 2.24) is 4.90 Å². The number of sulfone groups is 1. The number of benzene rings is 1. The smallest absolute Gasteiger partial charge is 0.229 e. The molecule has 0 N–H and O–H groups in total. The molecule has 1 amide bonds. The molecule has 5 nitrogen and oxygen atoms in total. The summed E-state index contributed by atoms with van der Waals surface area (Å²) >= 11 is 0. The molecule has 1 aromatic carbocycles. The average molecular weight is 323 g/mol. The third-order valence-electron chi connectivity index (χ3n) is 4.65. The molecular weight excluding hydrogens is 302 g/mol. The molecule has 1 aromatic rings. The molecule has 0 bridgehead atoms. The van der Waals surface area contributed by atoms with Crippen molar-refractivity contribution >= 4 is 15.7 Å². The summed E-state index contributed by atoms with van der Waals surface area (Å²) in [5, 5.41) is 0. The SMILES string of the molecule is CN(C(=O)[C@H]1COc2ccccc2C1)C1CCS(=O)(=O)CC1. The zero-order valence-electron chi connectivity index (χ0n) is 12.7. The van der Waals surface area contributed by atoms with Crippen molar-refractivity contribution in [3.05, 3.63) is 29.8 Å². The summed E-state index contributed by atoms with van der Waals surface area (Å²) in [6.07, 6.45) is 1.76. The predicted octanol–water partition coefficient (Wildman–Crippen LogP) is 1.27. The van der Waals surface area contributed by atoms with Gasteiger partial charge >= 0.3 is 0 Å². The van der Waals surface area contributed by atoms with Crippen LogP contribution in [0.1, 0.15) is 18.4 Å². The third-order valence-corrected chi connectivity index (χ3v) is 6.36. The summed E-state index contributed by atoms with van der Waals surface area (Å²) < 4.78 is 28.7. The summed E-state index contributed by atoms with van der Waals surface area (Å²) in [5.74, 6) is 1.09. The molecule has 3 rings (SSSR count). The minimum absolute atomic E-state index is 0.0215. The summed E-state index contributed by atoms with van der Waals surface area (Å²) in [6.45, 7) is 0.394. The lowest BCUT2D eigenvalue weighted by Gasteiger charge is -2.34. The number of fused-ring (bicyclic) bond motifs is 1. The normalized spacial score (nSPS) is 24.1. The Balaban J connectivity index is 1.65. The zero-order chi connectivity index (χ0) is 15.7. The van der Waals surface area contributed by atoms with E-state index in [2.05, 4.69) is 0 Å². The van der Waals surface area contributed by atoms with E-state index in [0.29, 0.717) is 25.9 Å². The number of amides is 1. The second-order valence-corrected chi connectivity index (χ2v) is 8.46. The molecule has 0 saturated carbocycles. The lowest BCUT2D eigenvalue weighted by molar-refractivity contribution is -0.137. The minimum Gasteiger partial charge on any atom is -0.492 e. The number of carbonyl (C=O) groups is 1. The van der Waals surface area contributed by atoms with E-state index in [0.717, 1.165) is 11.3 Å². The molecule has 2 aliphatic heterocycles. The van der Waals surface area contributed by atoms with Gasteiger partial charge in [-0.25, -0.2) is 8.42 Å². The second kappa shape index (κ2) is 5.91. The average Bonchev–Trinajstić information content (AvgIpc) is 2.53. The van der Waals surface area contributed by atoms with Crippen LogP contribution in [-0.2, 0) is 21.1 Å². The first kappa shape index (κ1) is 15.3.